The van der Waals surface area contributed by atoms with E-state index in [0.29, 0.717) is 17.1 Å². The van der Waals surface area contributed by atoms with Crippen molar-refractivity contribution in [2.75, 3.05) is 11.2 Å². The van der Waals surface area contributed by atoms with Crippen molar-refractivity contribution in [1.82, 2.24) is 14.9 Å². The molecule has 0 aliphatic rings. The Balaban J connectivity index is 1.74. The predicted molar refractivity (Wildman–Crippen MR) is 92.9 cm³/mol. The highest BCUT2D eigenvalue weighted by Crippen LogP contribution is 2.28. The van der Waals surface area contributed by atoms with Gasteiger partial charge in [0.15, 0.2) is 5.82 Å². The van der Waals surface area contributed by atoms with Crippen LogP contribution in [0.2, 0.25) is 0 Å². The lowest BCUT2D eigenvalue weighted by molar-refractivity contribution is -0.115. The number of nitrogen functional groups attached to an aromatic ring is 1. The van der Waals surface area contributed by atoms with E-state index in [1.807, 2.05) is 0 Å². The van der Waals surface area contributed by atoms with Gasteiger partial charge in [0.2, 0.25) is 11.1 Å². The molecule has 2 aromatic heterocycles. The zero-order valence-electron chi connectivity index (χ0n) is 13.9. The van der Waals surface area contributed by atoms with Crippen LogP contribution >= 0.6 is 11.8 Å². The molecule has 1 aromatic carbocycles. The summed E-state index contributed by atoms with van der Waals surface area (Å²) < 4.78 is 33.7. The van der Waals surface area contributed by atoms with E-state index in [2.05, 4.69) is 15.5 Å². The highest BCUT2D eigenvalue weighted by atomic mass is 32.2. The number of rotatable bonds is 5. The normalized spacial score (nSPS) is 12.2. The molecule has 0 spiro atoms. The number of carbonyl (C=O) groups is 1. The number of aromatic nitrogens is 3. The van der Waals surface area contributed by atoms with Crippen molar-refractivity contribution < 1.29 is 18.0 Å². The number of nitrogens with one attached hydrogen (secondary N) is 1. The maximum absolute atomic E-state index is 13.6. The largest absolute Gasteiger partial charge is 0.469 e. The molecule has 0 radical (unpaired) electrons. The van der Waals surface area contributed by atoms with E-state index in [9.17, 15) is 13.6 Å². The Morgan fingerprint density at radius 2 is 2.00 bits per heavy atom. The van der Waals surface area contributed by atoms with E-state index in [4.69, 9.17) is 10.3 Å². The van der Waals surface area contributed by atoms with E-state index >= 15 is 0 Å². The highest BCUT2D eigenvalue weighted by Gasteiger charge is 2.22. The van der Waals surface area contributed by atoms with Crippen LogP contribution in [-0.2, 0) is 4.79 Å². The van der Waals surface area contributed by atoms with E-state index < -0.39 is 28.5 Å². The number of amides is 1. The minimum absolute atomic E-state index is 0.275. The minimum atomic E-state index is -0.852. The number of para-hydroxylation sites is 1. The van der Waals surface area contributed by atoms with Crippen molar-refractivity contribution in [2.45, 2.75) is 24.3 Å². The lowest BCUT2D eigenvalue weighted by Gasteiger charge is -2.12. The van der Waals surface area contributed by atoms with Crippen LogP contribution in [0.4, 0.5) is 14.5 Å². The number of anilines is 1. The molecular weight excluding hydrogens is 364 g/mol. The predicted octanol–water partition coefficient (Wildman–Crippen LogP) is 2.96. The van der Waals surface area contributed by atoms with Crippen LogP contribution in [0, 0.1) is 18.6 Å². The zero-order chi connectivity index (χ0) is 18.8. The summed E-state index contributed by atoms with van der Waals surface area (Å²) in [7, 11) is 0. The van der Waals surface area contributed by atoms with Crippen LogP contribution in [0.5, 0.6) is 0 Å². The first-order chi connectivity index (χ1) is 12.4. The summed E-state index contributed by atoms with van der Waals surface area (Å²) in [6.07, 6.45) is 1.51. The molecule has 1 unspecified atom stereocenters. The summed E-state index contributed by atoms with van der Waals surface area (Å²) in [6, 6.07) is 5.04. The Morgan fingerprint density at radius 3 is 2.62 bits per heavy atom. The Morgan fingerprint density at radius 1 is 1.31 bits per heavy atom. The molecule has 1 amide bonds. The third-order valence-electron chi connectivity index (χ3n) is 3.63. The van der Waals surface area contributed by atoms with Crippen molar-refractivity contribution in [3.8, 4) is 11.4 Å². The first-order valence-corrected chi connectivity index (χ1v) is 8.43. The number of benzene rings is 1. The van der Waals surface area contributed by atoms with Crippen molar-refractivity contribution >= 4 is 23.4 Å². The number of thioether (sulfide) groups is 1. The van der Waals surface area contributed by atoms with Gasteiger partial charge in [-0.25, -0.2) is 13.5 Å². The molecule has 0 bridgehead atoms. The fraction of sp³-hybridized carbons (Fsp3) is 0.188. The van der Waals surface area contributed by atoms with Crippen LogP contribution in [0.15, 0.2) is 40.1 Å². The summed E-state index contributed by atoms with van der Waals surface area (Å²) in [4.78, 5) is 12.2. The van der Waals surface area contributed by atoms with Gasteiger partial charge < -0.3 is 15.6 Å². The first kappa shape index (κ1) is 17.9. The molecule has 0 aliphatic carbocycles. The molecule has 3 rings (SSSR count). The average Bonchev–Trinajstić information content (AvgIpc) is 3.17. The zero-order valence-corrected chi connectivity index (χ0v) is 14.7. The van der Waals surface area contributed by atoms with Crippen molar-refractivity contribution in [2.24, 2.45) is 0 Å². The number of nitrogens with two attached hydrogens (primary N) is 1. The average molecular weight is 379 g/mol. The van der Waals surface area contributed by atoms with E-state index in [0.717, 1.165) is 23.9 Å². The molecule has 7 nitrogen and oxygen atoms in total. The lowest BCUT2D eigenvalue weighted by atomic mass is 10.2. The number of hydrogen-bond donors (Lipinski definition) is 2. The number of furan rings is 1. The maximum atomic E-state index is 13.6. The molecule has 3 N–H and O–H groups in total. The second-order valence-corrected chi connectivity index (χ2v) is 6.72. The summed E-state index contributed by atoms with van der Waals surface area (Å²) in [6.45, 7) is 3.33. The van der Waals surface area contributed by atoms with Crippen LogP contribution in [0.3, 0.4) is 0 Å². The number of aryl methyl sites for hydroxylation is 1. The topological polar surface area (TPSA) is 99.0 Å². The van der Waals surface area contributed by atoms with Crippen molar-refractivity contribution in [3.05, 3.63) is 47.9 Å². The molecule has 0 aliphatic heterocycles. The lowest BCUT2D eigenvalue weighted by Crippen LogP contribution is -2.24. The van der Waals surface area contributed by atoms with Crippen LogP contribution in [-0.4, -0.2) is 26.0 Å². The Kier molecular flexibility index (Phi) is 4.94. The Labute approximate surface area is 151 Å². The third kappa shape index (κ3) is 3.40. The van der Waals surface area contributed by atoms with Gasteiger partial charge in [-0.1, -0.05) is 17.8 Å². The van der Waals surface area contributed by atoms with Gasteiger partial charge in [0.1, 0.15) is 23.1 Å². The second kappa shape index (κ2) is 7.16. The van der Waals surface area contributed by atoms with Gasteiger partial charge in [-0.3, -0.25) is 4.79 Å². The summed E-state index contributed by atoms with van der Waals surface area (Å²) in [5.74, 6) is 4.70. The molecule has 136 valence electrons. The molecule has 0 fully saturated rings. The highest BCUT2D eigenvalue weighted by molar-refractivity contribution is 8.00. The Hall–Kier alpha value is -2.88. The van der Waals surface area contributed by atoms with Crippen LogP contribution < -0.4 is 11.2 Å². The van der Waals surface area contributed by atoms with Gasteiger partial charge in [0, 0.05) is 0 Å². The summed E-state index contributed by atoms with van der Waals surface area (Å²) in [5, 5.41) is 9.75. The standard InChI is InChI=1S/C16H15F2N5O2S/c1-8-10(6-7-25-8)14-21-22-16(23(14)19)26-9(2)15(24)20-13-11(17)4-3-5-12(13)18/h3-7,9H,19H2,1-2H3,(H,20,24). The van der Waals surface area contributed by atoms with Gasteiger partial charge in [0.25, 0.3) is 0 Å². The monoisotopic (exact) mass is 379 g/mol. The number of nitrogens with zero attached hydrogens (tertiary/aromatic N) is 3. The van der Waals surface area contributed by atoms with E-state index in [1.54, 1.807) is 19.9 Å². The van der Waals surface area contributed by atoms with Gasteiger partial charge in [-0.15, -0.1) is 10.2 Å². The fourth-order valence-electron chi connectivity index (χ4n) is 2.21. The van der Waals surface area contributed by atoms with E-state index in [1.165, 1.54) is 17.0 Å². The van der Waals surface area contributed by atoms with Crippen molar-refractivity contribution in [1.29, 1.82) is 0 Å². The molecule has 2 heterocycles. The molecule has 26 heavy (non-hydrogen) atoms. The number of carbonyl (C=O) groups excluding carboxylic acids is 1. The number of halogens is 2. The van der Waals surface area contributed by atoms with Gasteiger partial charge in [-0.2, -0.15) is 0 Å². The second-order valence-electron chi connectivity index (χ2n) is 5.41. The van der Waals surface area contributed by atoms with Gasteiger partial charge in [0.05, 0.1) is 17.1 Å². The molecule has 1 atom stereocenters. The number of hydrogen-bond acceptors (Lipinski definition) is 6. The minimum Gasteiger partial charge on any atom is -0.469 e. The molecular formula is C16H15F2N5O2S. The molecule has 0 saturated heterocycles. The molecule has 3 aromatic rings. The van der Waals surface area contributed by atoms with Crippen LogP contribution in [0.1, 0.15) is 12.7 Å². The van der Waals surface area contributed by atoms with Gasteiger partial charge >= 0.3 is 0 Å². The first-order valence-electron chi connectivity index (χ1n) is 7.55. The third-order valence-corrected chi connectivity index (χ3v) is 4.68. The van der Waals surface area contributed by atoms with Gasteiger partial charge in [-0.05, 0) is 32.0 Å². The van der Waals surface area contributed by atoms with Crippen molar-refractivity contribution in [3.63, 3.8) is 0 Å². The summed E-state index contributed by atoms with van der Waals surface area (Å²) >= 11 is 1.01. The fourth-order valence-corrected chi connectivity index (χ4v) is 2.98. The Bertz CT molecular complexity index is 936. The maximum Gasteiger partial charge on any atom is 0.237 e. The SMILES string of the molecule is Cc1occc1-c1nnc(SC(C)C(=O)Nc2c(F)cccc2F)n1N. The smallest absolute Gasteiger partial charge is 0.237 e. The quantitative estimate of drug-likeness (QED) is 0.522. The molecule has 10 heteroatoms. The molecule has 0 saturated carbocycles. The summed E-state index contributed by atoms with van der Waals surface area (Å²) in [5.41, 5.74) is 0.186. The van der Waals surface area contributed by atoms with Crippen LogP contribution in [0.25, 0.3) is 11.4 Å². The van der Waals surface area contributed by atoms with E-state index in [-0.39, 0.29) is 5.16 Å².